The molecule has 0 radical (unpaired) electrons. The van der Waals surface area contributed by atoms with Gasteiger partial charge in [-0.2, -0.15) is 13.2 Å². The van der Waals surface area contributed by atoms with Gasteiger partial charge >= 0.3 is 12.1 Å². The zero-order chi connectivity index (χ0) is 24.7. The first-order chi connectivity index (χ1) is 16.0. The summed E-state index contributed by atoms with van der Waals surface area (Å²) >= 11 is 0. The Kier molecular flexibility index (Phi) is 6.44. The Morgan fingerprint density at radius 1 is 1.12 bits per heavy atom. The standard InChI is InChI=1S/C25H24F3NO4S/c1-2-23(34(32,33)22-8-5-18-13-20(24(30)31)14-19(18)15-22)29-11-9-17(10-12-29)16-3-6-21(7-4-16)25(26,27)28/h2-9,15,20,23H,1,10-14H2,(H,30,31). The molecule has 0 amide bonds. The first-order valence-corrected chi connectivity index (χ1v) is 12.4. The molecule has 0 spiro atoms. The number of rotatable bonds is 6. The van der Waals surface area contributed by atoms with Gasteiger partial charge in [-0.05, 0) is 65.8 Å². The smallest absolute Gasteiger partial charge is 0.416 e. The van der Waals surface area contributed by atoms with E-state index in [0.717, 1.165) is 28.8 Å². The third kappa shape index (κ3) is 4.67. The van der Waals surface area contributed by atoms with Gasteiger partial charge in [0.05, 0.1) is 16.4 Å². The van der Waals surface area contributed by atoms with E-state index in [1.54, 1.807) is 17.0 Å². The molecule has 0 saturated heterocycles. The number of aliphatic carboxylic acids is 1. The average molecular weight is 492 g/mol. The first-order valence-electron chi connectivity index (χ1n) is 10.8. The lowest BCUT2D eigenvalue weighted by molar-refractivity contribution is -0.141. The molecule has 0 bridgehead atoms. The number of carbonyl (C=O) groups is 1. The molecule has 2 unspecified atom stereocenters. The van der Waals surface area contributed by atoms with Crippen LogP contribution in [0, 0.1) is 5.92 Å². The molecular weight excluding hydrogens is 467 g/mol. The van der Waals surface area contributed by atoms with E-state index in [1.807, 2.05) is 6.08 Å². The molecule has 1 aliphatic heterocycles. The van der Waals surface area contributed by atoms with Crippen molar-refractivity contribution in [2.75, 3.05) is 13.1 Å². The van der Waals surface area contributed by atoms with Crippen LogP contribution in [0.4, 0.5) is 13.2 Å². The van der Waals surface area contributed by atoms with E-state index in [9.17, 15) is 31.5 Å². The van der Waals surface area contributed by atoms with Crippen molar-refractivity contribution in [1.82, 2.24) is 4.90 Å². The van der Waals surface area contributed by atoms with Crippen molar-refractivity contribution in [2.45, 2.75) is 35.7 Å². The fraction of sp³-hybridized carbons (Fsp3) is 0.320. The number of nitrogens with zero attached hydrogens (tertiary/aromatic N) is 1. The van der Waals surface area contributed by atoms with Crippen LogP contribution >= 0.6 is 0 Å². The number of carboxylic acids is 1. The van der Waals surface area contributed by atoms with Crippen LogP contribution in [-0.2, 0) is 33.6 Å². The third-order valence-electron chi connectivity index (χ3n) is 6.49. The van der Waals surface area contributed by atoms with Crippen LogP contribution in [0.25, 0.3) is 5.57 Å². The van der Waals surface area contributed by atoms with Crippen molar-refractivity contribution in [3.8, 4) is 0 Å². The van der Waals surface area contributed by atoms with Gasteiger partial charge in [0.15, 0.2) is 9.84 Å². The quantitative estimate of drug-likeness (QED) is 0.599. The second-order valence-electron chi connectivity index (χ2n) is 8.59. The molecular formula is C25H24F3NO4S. The summed E-state index contributed by atoms with van der Waals surface area (Å²) in [6.45, 7) is 4.42. The molecule has 5 nitrogen and oxygen atoms in total. The van der Waals surface area contributed by atoms with Gasteiger partial charge in [0.25, 0.3) is 0 Å². The fourth-order valence-electron chi connectivity index (χ4n) is 4.61. The lowest BCUT2D eigenvalue weighted by atomic mass is 9.98. The summed E-state index contributed by atoms with van der Waals surface area (Å²) in [6.07, 6.45) is -0.0172. The summed E-state index contributed by atoms with van der Waals surface area (Å²) in [7, 11) is -3.81. The van der Waals surface area contributed by atoms with Crippen LogP contribution in [0.5, 0.6) is 0 Å². The normalized spacial score (nSPS) is 19.9. The van der Waals surface area contributed by atoms with Gasteiger partial charge in [-0.15, -0.1) is 6.58 Å². The molecule has 2 aliphatic rings. The molecule has 2 aromatic rings. The molecule has 2 aromatic carbocycles. The predicted molar refractivity (Wildman–Crippen MR) is 122 cm³/mol. The number of sulfone groups is 1. The molecule has 0 saturated carbocycles. The molecule has 1 N–H and O–H groups in total. The monoisotopic (exact) mass is 491 g/mol. The van der Waals surface area contributed by atoms with Crippen LogP contribution in [0.1, 0.15) is 28.7 Å². The molecule has 1 heterocycles. The van der Waals surface area contributed by atoms with Crippen molar-refractivity contribution < 1.29 is 31.5 Å². The fourth-order valence-corrected chi connectivity index (χ4v) is 6.29. The summed E-state index contributed by atoms with van der Waals surface area (Å²) in [6, 6.07) is 9.72. The Labute approximate surface area is 196 Å². The van der Waals surface area contributed by atoms with Crippen LogP contribution in [0.2, 0.25) is 0 Å². The summed E-state index contributed by atoms with van der Waals surface area (Å²) in [5.74, 6) is -1.44. The van der Waals surface area contributed by atoms with Gasteiger partial charge in [0.2, 0.25) is 0 Å². The van der Waals surface area contributed by atoms with Gasteiger partial charge in [-0.3, -0.25) is 9.69 Å². The Morgan fingerprint density at radius 3 is 2.35 bits per heavy atom. The van der Waals surface area contributed by atoms with E-state index < -0.39 is 38.8 Å². The lowest BCUT2D eigenvalue weighted by Crippen LogP contribution is -2.42. The lowest BCUT2D eigenvalue weighted by Gasteiger charge is -2.32. The first kappa shape index (κ1) is 24.2. The third-order valence-corrected chi connectivity index (χ3v) is 8.53. The number of benzene rings is 2. The maximum atomic E-state index is 13.4. The molecule has 180 valence electrons. The Hall–Kier alpha value is -2.91. The Balaban J connectivity index is 1.51. The summed E-state index contributed by atoms with van der Waals surface area (Å²) < 4.78 is 65.2. The minimum absolute atomic E-state index is 0.125. The summed E-state index contributed by atoms with van der Waals surface area (Å²) in [4.78, 5) is 13.2. The molecule has 0 aromatic heterocycles. The topological polar surface area (TPSA) is 74.7 Å². The van der Waals surface area contributed by atoms with Gasteiger partial charge in [-0.1, -0.05) is 30.4 Å². The Bertz CT molecular complexity index is 1250. The second-order valence-corrected chi connectivity index (χ2v) is 10.6. The zero-order valence-electron chi connectivity index (χ0n) is 18.3. The zero-order valence-corrected chi connectivity index (χ0v) is 19.1. The molecule has 1 aliphatic carbocycles. The number of hydrogen-bond donors (Lipinski definition) is 1. The number of fused-ring (bicyclic) bond motifs is 1. The van der Waals surface area contributed by atoms with Crippen molar-refractivity contribution >= 4 is 21.4 Å². The molecule has 34 heavy (non-hydrogen) atoms. The minimum Gasteiger partial charge on any atom is -0.481 e. The van der Waals surface area contributed by atoms with Crippen LogP contribution in [0.3, 0.4) is 0 Å². The van der Waals surface area contributed by atoms with Crippen molar-refractivity contribution in [1.29, 1.82) is 0 Å². The maximum absolute atomic E-state index is 13.4. The highest BCUT2D eigenvalue weighted by Gasteiger charge is 2.34. The molecule has 9 heteroatoms. The van der Waals surface area contributed by atoms with Gasteiger partial charge in [0.1, 0.15) is 5.37 Å². The van der Waals surface area contributed by atoms with Crippen molar-refractivity contribution in [3.05, 3.63) is 83.4 Å². The summed E-state index contributed by atoms with van der Waals surface area (Å²) in [5.41, 5.74) is 2.42. The van der Waals surface area contributed by atoms with Gasteiger partial charge in [-0.25, -0.2) is 8.42 Å². The predicted octanol–water partition coefficient (Wildman–Crippen LogP) is 4.58. The number of carboxylic acid groups (broad SMARTS) is 1. The Morgan fingerprint density at radius 2 is 1.79 bits per heavy atom. The maximum Gasteiger partial charge on any atom is 0.416 e. The van der Waals surface area contributed by atoms with E-state index in [4.69, 9.17) is 0 Å². The minimum atomic E-state index is -4.39. The average Bonchev–Trinajstić information content (AvgIpc) is 3.23. The number of hydrogen-bond acceptors (Lipinski definition) is 4. The highest BCUT2D eigenvalue weighted by atomic mass is 32.2. The van der Waals surface area contributed by atoms with Crippen LogP contribution in [-0.4, -0.2) is 42.9 Å². The van der Waals surface area contributed by atoms with Crippen molar-refractivity contribution in [2.24, 2.45) is 5.92 Å². The highest BCUT2D eigenvalue weighted by Crippen LogP contribution is 2.33. The van der Waals surface area contributed by atoms with Crippen LogP contribution < -0.4 is 0 Å². The second kappa shape index (κ2) is 9.03. The van der Waals surface area contributed by atoms with Crippen LogP contribution in [0.15, 0.2) is 66.1 Å². The molecule has 0 fully saturated rings. The van der Waals surface area contributed by atoms with Crippen molar-refractivity contribution in [3.63, 3.8) is 0 Å². The molecule has 2 atom stereocenters. The SMILES string of the molecule is C=CC(N1CC=C(c2ccc(C(F)(F)F)cc2)CC1)S(=O)(=O)c1ccc2c(c1)CC(C(=O)O)C2. The highest BCUT2D eigenvalue weighted by molar-refractivity contribution is 7.92. The number of halogens is 3. The van der Waals surface area contributed by atoms with E-state index >= 15 is 0 Å². The van der Waals surface area contributed by atoms with E-state index in [2.05, 4.69) is 6.58 Å². The number of alkyl halides is 3. The van der Waals surface area contributed by atoms with E-state index in [0.29, 0.717) is 37.9 Å². The molecule has 4 rings (SSSR count). The van der Waals surface area contributed by atoms with E-state index in [-0.39, 0.29) is 4.90 Å². The summed E-state index contributed by atoms with van der Waals surface area (Å²) in [5, 5.41) is 8.29. The largest absolute Gasteiger partial charge is 0.481 e. The van der Waals surface area contributed by atoms with Gasteiger partial charge < -0.3 is 5.11 Å². The van der Waals surface area contributed by atoms with E-state index in [1.165, 1.54) is 24.3 Å². The van der Waals surface area contributed by atoms with Gasteiger partial charge in [0, 0.05) is 13.1 Å².